The van der Waals surface area contributed by atoms with E-state index in [9.17, 15) is 24.0 Å². The molecule has 3 aromatic rings. The van der Waals surface area contributed by atoms with Crippen LogP contribution in [0.1, 0.15) is 59.2 Å². The predicted molar refractivity (Wildman–Crippen MR) is 139 cm³/mol. The van der Waals surface area contributed by atoms with E-state index in [1.807, 2.05) is 6.92 Å². The van der Waals surface area contributed by atoms with Crippen LogP contribution in [0.15, 0.2) is 14.7 Å². The molecule has 0 bridgehead atoms. The van der Waals surface area contributed by atoms with Crippen molar-refractivity contribution in [2.24, 2.45) is 14.1 Å². The monoisotopic (exact) mass is 535 g/mol. The van der Waals surface area contributed by atoms with Crippen molar-refractivity contribution in [2.45, 2.75) is 52.2 Å². The molecule has 3 heterocycles. The van der Waals surface area contributed by atoms with Gasteiger partial charge >= 0.3 is 11.7 Å². The number of aryl methyl sites for hydroxylation is 2. The lowest BCUT2D eigenvalue weighted by atomic mass is 10.1. The number of nitrogens with one attached hydrogen (secondary N) is 1. The van der Waals surface area contributed by atoms with Gasteiger partial charge in [0.15, 0.2) is 22.1 Å². The van der Waals surface area contributed by atoms with Crippen LogP contribution in [-0.2, 0) is 30.2 Å². The molecule has 36 heavy (non-hydrogen) atoms. The van der Waals surface area contributed by atoms with E-state index in [1.165, 1.54) is 18.5 Å². The van der Waals surface area contributed by atoms with E-state index in [1.54, 1.807) is 25.5 Å². The van der Waals surface area contributed by atoms with Crippen LogP contribution < -0.4 is 16.6 Å². The Hall–Kier alpha value is -3.19. The number of carbonyl (C=O) groups excluding carboxylic acids is 3. The Morgan fingerprint density at radius 1 is 1.14 bits per heavy atom. The third kappa shape index (κ3) is 5.16. The zero-order valence-electron chi connectivity index (χ0n) is 21.1. The molecule has 0 fully saturated rings. The molecule has 11 nitrogen and oxygen atoms in total. The first kappa shape index (κ1) is 27.4. The van der Waals surface area contributed by atoms with Gasteiger partial charge in [0, 0.05) is 20.6 Å². The summed E-state index contributed by atoms with van der Waals surface area (Å²) < 4.78 is 9.20. The Bertz CT molecular complexity index is 1460. The van der Waals surface area contributed by atoms with Gasteiger partial charge in [0.1, 0.15) is 5.00 Å². The number of ketones is 1. The Morgan fingerprint density at radius 3 is 2.44 bits per heavy atom. The van der Waals surface area contributed by atoms with Crippen molar-refractivity contribution in [3.8, 4) is 0 Å². The minimum Gasteiger partial charge on any atom is -0.462 e. The number of nitrogens with zero attached hydrogens (tertiary/aromatic N) is 4. The molecule has 0 saturated carbocycles. The second-order valence-electron chi connectivity index (χ2n) is 8.15. The molecule has 0 aliphatic rings. The van der Waals surface area contributed by atoms with Gasteiger partial charge in [-0.2, -0.15) is 0 Å². The summed E-state index contributed by atoms with van der Waals surface area (Å²) in [5.74, 6) is -1.31. The average Bonchev–Trinajstić information content (AvgIpc) is 3.36. The Morgan fingerprint density at radius 2 is 1.83 bits per heavy atom. The minimum absolute atomic E-state index is 0.0711. The summed E-state index contributed by atoms with van der Waals surface area (Å²) >= 11 is 2.15. The number of imidazole rings is 1. The van der Waals surface area contributed by atoms with Gasteiger partial charge in [-0.15, -0.1) is 11.3 Å². The number of thioether (sulfide) groups is 1. The highest BCUT2D eigenvalue weighted by molar-refractivity contribution is 7.99. The van der Waals surface area contributed by atoms with Gasteiger partial charge in [0.2, 0.25) is 5.91 Å². The van der Waals surface area contributed by atoms with Crippen LogP contribution in [0.3, 0.4) is 0 Å². The molecule has 3 aromatic heterocycles. The molecule has 13 heteroatoms. The van der Waals surface area contributed by atoms with Crippen LogP contribution in [0.5, 0.6) is 0 Å². The molecule has 1 amide bonds. The molecule has 194 valence electrons. The number of amides is 1. The quantitative estimate of drug-likeness (QED) is 0.238. The van der Waals surface area contributed by atoms with E-state index < -0.39 is 23.1 Å². The molecular formula is C23H29N5O6S2. The standard InChI is InChI=1S/C23H29N5O6S2/c1-7-9-10-28-16-18(26(5)23(33)27(6)20(16)31)25-22(28)35-11-14(30)24-19-15(21(32)34-8-2)12(3)17(36-19)13(4)29/h7-11H2,1-6H3,(H,24,30). The number of hydrogen-bond acceptors (Lipinski definition) is 9. The summed E-state index contributed by atoms with van der Waals surface area (Å²) in [5, 5.41) is 3.40. The van der Waals surface area contributed by atoms with Gasteiger partial charge in [-0.05, 0) is 32.8 Å². The van der Waals surface area contributed by atoms with Crippen molar-refractivity contribution in [1.29, 1.82) is 0 Å². The third-order valence-corrected chi connectivity index (χ3v) is 7.86. The summed E-state index contributed by atoms with van der Waals surface area (Å²) in [6.45, 7) is 7.39. The van der Waals surface area contributed by atoms with E-state index in [0.717, 1.165) is 40.5 Å². The van der Waals surface area contributed by atoms with Crippen LogP contribution in [0.2, 0.25) is 0 Å². The van der Waals surface area contributed by atoms with E-state index >= 15 is 0 Å². The molecule has 0 unspecified atom stereocenters. The Kier molecular flexibility index (Phi) is 8.56. The molecule has 0 radical (unpaired) electrons. The van der Waals surface area contributed by atoms with Crippen LogP contribution in [0.4, 0.5) is 5.00 Å². The number of rotatable bonds is 10. The van der Waals surface area contributed by atoms with E-state index in [-0.39, 0.29) is 34.4 Å². The first-order chi connectivity index (χ1) is 17.0. The number of carbonyl (C=O) groups is 3. The van der Waals surface area contributed by atoms with E-state index in [4.69, 9.17) is 4.74 Å². The number of anilines is 1. The number of Topliss-reactive ketones (excluding diaryl/α,β-unsaturated/α-hetero) is 1. The second kappa shape index (κ2) is 11.2. The van der Waals surface area contributed by atoms with Crippen molar-refractivity contribution in [3.63, 3.8) is 0 Å². The van der Waals surface area contributed by atoms with Crippen LogP contribution >= 0.6 is 23.1 Å². The SMILES string of the molecule is CCCCn1c(SCC(=O)Nc2sc(C(C)=O)c(C)c2C(=O)OCC)nc2c1c(=O)n(C)c(=O)n2C. The van der Waals surface area contributed by atoms with Gasteiger partial charge in [0.05, 0.1) is 22.8 Å². The number of esters is 1. The minimum atomic E-state index is -0.611. The molecule has 0 atom stereocenters. The Balaban J connectivity index is 1.92. The number of thiophene rings is 1. The topological polar surface area (TPSA) is 134 Å². The lowest BCUT2D eigenvalue weighted by Gasteiger charge is -2.09. The highest BCUT2D eigenvalue weighted by Crippen LogP contribution is 2.34. The first-order valence-electron chi connectivity index (χ1n) is 11.4. The van der Waals surface area contributed by atoms with Gasteiger partial charge in [-0.3, -0.25) is 23.5 Å². The third-order valence-electron chi connectivity index (χ3n) is 5.58. The lowest BCUT2D eigenvalue weighted by Crippen LogP contribution is -2.37. The molecule has 3 rings (SSSR count). The largest absolute Gasteiger partial charge is 0.462 e. The van der Waals surface area contributed by atoms with Crippen molar-refractivity contribution in [1.82, 2.24) is 18.7 Å². The zero-order chi connectivity index (χ0) is 26.7. The fraction of sp³-hybridized carbons (Fsp3) is 0.478. The highest BCUT2D eigenvalue weighted by atomic mass is 32.2. The molecule has 0 aromatic carbocycles. The van der Waals surface area contributed by atoms with Crippen molar-refractivity contribution in [3.05, 3.63) is 36.8 Å². The summed E-state index contributed by atoms with van der Waals surface area (Å²) in [7, 11) is 2.96. The summed E-state index contributed by atoms with van der Waals surface area (Å²) in [4.78, 5) is 67.4. The maximum atomic E-state index is 12.9. The number of hydrogen-bond donors (Lipinski definition) is 1. The molecule has 0 spiro atoms. The Labute approximate surface area is 215 Å². The highest BCUT2D eigenvalue weighted by Gasteiger charge is 2.26. The number of fused-ring (bicyclic) bond motifs is 1. The summed E-state index contributed by atoms with van der Waals surface area (Å²) in [6, 6.07) is 0. The fourth-order valence-electron chi connectivity index (χ4n) is 3.74. The molecular weight excluding hydrogens is 506 g/mol. The normalized spacial score (nSPS) is 11.2. The molecule has 0 saturated heterocycles. The smallest absolute Gasteiger partial charge is 0.341 e. The van der Waals surface area contributed by atoms with Crippen molar-refractivity contribution >= 4 is 56.9 Å². The first-order valence-corrected chi connectivity index (χ1v) is 13.2. The van der Waals surface area contributed by atoms with Crippen molar-refractivity contribution in [2.75, 3.05) is 17.7 Å². The lowest BCUT2D eigenvalue weighted by molar-refractivity contribution is -0.113. The second-order valence-corrected chi connectivity index (χ2v) is 10.1. The zero-order valence-corrected chi connectivity index (χ0v) is 22.7. The summed E-state index contributed by atoms with van der Waals surface area (Å²) in [6.07, 6.45) is 1.66. The number of ether oxygens (including phenoxy) is 1. The van der Waals surface area contributed by atoms with Gasteiger partial charge < -0.3 is 14.6 Å². The number of unbranched alkanes of at least 4 members (excludes halogenated alkanes) is 1. The molecule has 1 N–H and O–H groups in total. The van der Waals surface area contributed by atoms with Gasteiger partial charge in [-0.25, -0.2) is 14.6 Å². The van der Waals surface area contributed by atoms with Crippen LogP contribution in [-0.4, -0.2) is 48.7 Å². The van der Waals surface area contributed by atoms with Crippen molar-refractivity contribution < 1.29 is 19.1 Å². The maximum absolute atomic E-state index is 12.9. The molecule has 0 aliphatic carbocycles. The average molecular weight is 536 g/mol. The van der Waals surface area contributed by atoms with E-state index in [0.29, 0.717) is 27.7 Å². The fourth-order valence-corrected chi connectivity index (χ4v) is 5.67. The molecule has 0 aliphatic heterocycles. The van der Waals surface area contributed by atoms with E-state index in [2.05, 4.69) is 10.3 Å². The van der Waals surface area contributed by atoms with Crippen LogP contribution in [0.25, 0.3) is 11.2 Å². The summed E-state index contributed by atoms with van der Waals surface area (Å²) in [5.41, 5.74) is 0.263. The number of aromatic nitrogens is 4. The van der Waals surface area contributed by atoms with Crippen LogP contribution in [0, 0.1) is 6.92 Å². The van der Waals surface area contributed by atoms with Gasteiger partial charge in [0.25, 0.3) is 5.56 Å². The predicted octanol–water partition coefficient (Wildman–Crippen LogP) is 2.71. The van der Waals surface area contributed by atoms with Gasteiger partial charge in [-0.1, -0.05) is 25.1 Å². The maximum Gasteiger partial charge on any atom is 0.341 e.